The lowest BCUT2D eigenvalue weighted by Crippen LogP contribution is -2.31. The first-order valence-electron chi connectivity index (χ1n) is 9.58. The molecule has 0 radical (unpaired) electrons. The van der Waals surface area contributed by atoms with Crippen LogP contribution in [0, 0.1) is 34.6 Å². The van der Waals surface area contributed by atoms with E-state index in [1.54, 1.807) is 26.0 Å². The van der Waals surface area contributed by atoms with Crippen molar-refractivity contribution >= 4 is 28.7 Å². The Balaban J connectivity index is 1.89. The molecule has 0 saturated carbocycles. The average Bonchev–Trinajstić information content (AvgIpc) is 3.34. The van der Waals surface area contributed by atoms with Gasteiger partial charge in [-0.3, -0.25) is 14.5 Å². The van der Waals surface area contributed by atoms with E-state index in [9.17, 15) is 14.7 Å². The van der Waals surface area contributed by atoms with Gasteiger partial charge in [-0.05, 0) is 70.0 Å². The van der Waals surface area contributed by atoms with Crippen LogP contribution < -0.4 is 4.90 Å². The fourth-order valence-electron chi connectivity index (χ4n) is 3.71. The van der Waals surface area contributed by atoms with E-state index < -0.39 is 23.5 Å². The van der Waals surface area contributed by atoms with Gasteiger partial charge < -0.3 is 9.52 Å². The number of furan rings is 1. The Kier molecular flexibility index (Phi) is 4.86. The van der Waals surface area contributed by atoms with E-state index in [0.717, 1.165) is 16.1 Å². The summed E-state index contributed by atoms with van der Waals surface area (Å²) in [7, 11) is 0. The summed E-state index contributed by atoms with van der Waals surface area (Å²) < 4.78 is 5.82. The molecule has 3 heterocycles. The maximum Gasteiger partial charge on any atom is 0.294 e. The first-order valence-corrected chi connectivity index (χ1v) is 10.4. The second-order valence-corrected chi connectivity index (χ2v) is 8.74. The fourth-order valence-corrected chi connectivity index (χ4v) is 4.59. The molecule has 0 spiro atoms. The molecule has 4 rings (SSSR count). The van der Waals surface area contributed by atoms with Gasteiger partial charge in [-0.15, -0.1) is 11.3 Å². The highest BCUT2D eigenvalue weighted by Gasteiger charge is 2.46. The zero-order valence-corrected chi connectivity index (χ0v) is 18.3. The zero-order valence-electron chi connectivity index (χ0n) is 17.4. The number of aliphatic hydroxyl groups is 1. The molecule has 0 fully saturated rings. The Morgan fingerprint density at radius 3 is 2.40 bits per heavy atom. The minimum Gasteiger partial charge on any atom is -0.503 e. The molecule has 2 aromatic heterocycles. The van der Waals surface area contributed by atoms with Gasteiger partial charge in [0.15, 0.2) is 5.76 Å². The summed E-state index contributed by atoms with van der Waals surface area (Å²) >= 11 is 1.25. The minimum atomic E-state index is -0.859. The van der Waals surface area contributed by atoms with E-state index in [-0.39, 0.29) is 5.57 Å². The Morgan fingerprint density at radius 2 is 1.83 bits per heavy atom. The summed E-state index contributed by atoms with van der Waals surface area (Å²) in [6.45, 7) is 9.30. The number of hydrogen-bond donors (Lipinski definition) is 1. The summed E-state index contributed by atoms with van der Waals surface area (Å²) in [6, 6.07) is 8.25. The Hall–Kier alpha value is -3.19. The third-order valence-corrected chi connectivity index (χ3v) is 6.43. The molecule has 1 amide bonds. The fraction of sp³-hybridized carbons (Fsp3) is 0.261. The quantitative estimate of drug-likeness (QED) is 0.594. The second kappa shape index (κ2) is 7.25. The van der Waals surface area contributed by atoms with Crippen LogP contribution in [-0.4, -0.2) is 21.8 Å². The predicted molar refractivity (Wildman–Crippen MR) is 115 cm³/mol. The van der Waals surface area contributed by atoms with E-state index in [2.05, 4.69) is 4.98 Å². The molecule has 1 atom stereocenters. The SMILES string of the molecule is Cc1ccc(C2C(C(=O)c3sc(C)nc3C)=C(O)C(=O)N2c2ccc(C)c(C)c2)o1. The number of anilines is 1. The minimum absolute atomic E-state index is 0.0133. The number of Topliss-reactive ketones (excluding diaryl/α,β-unsaturated/α-hetero) is 1. The molecule has 7 heteroatoms. The van der Waals surface area contributed by atoms with Crippen LogP contribution in [0.1, 0.15) is 49.1 Å². The van der Waals surface area contributed by atoms with Crippen LogP contribution >= 0.6 is 11.3 Å². The number of rotatable bonds is 4. The molecule has 154 valence electrons. The first-order chi connectivity index (χ1) is 14.2. The third-order valence-electron chi connectivity index (χ3n) is 5.36. The third kappa shape index (κ3) is 3.15. The van der Waals surface area contributed by atoms with Gasteiger partial charge in [0.05, 0.1) is 21.2 Å². The van der Waals surface area contributed by atoms with Crippen LogP contribution in [0.4, 0.5) is 5.69 Å². The molecule has 1 aliphatic heterocycles. The van der Waals surface area contributed by atoms with Crippen molar-refractivity contribution in [1.29, 1.82) is 0 Å². The van der Waals surface area contributed by atoms with Crippen LogP contribution in [0.2, 0.25) is 0 Å². The lowest BCUT2D eigenvalue weighted by molar-refractivity contribution is -0.117. The molecule has 3 aromatic rings. The monoisotopic (exact) mass is 422 g/mol. The largest absolute Gasteiger partial charge is 0.503 e. The number of amides is 1. The van der Waals surface area contributed by atoms with Crippen molar-refractivity contribution in [1.82, 2.24) is 4.98 Å². The van der Waals surface area contributed by atoms with E-state index in [4.69, 9.17) is 4.42 Å². The number of ketones is 1. The topological polar surface area (TPSA) is 83.6 Å². The summed E-state index contributed by atoms with van der Waals surface area (Å²) in [4.78, 5) is 32.8. The highest BCUT2D eigenvalue weighted by Crippen LogP contribution is 2.43. The van der Waals surface area contributed by atoms with Gasteiger partial charge in [-0.25, -0.2) is 4.98 Å². The van der Waals surface area contributed by atoms with E-state index in [0.29, 0.717) is 27.8 Å². The normalized spacial score (nSPS) is 16.6. The number of aryl methyl sites for hydroxylation is 5. The number of carbonyl (C=O) groups excluding carboxylic acids is 2. The van der Waals surface area contributed by atoms with Crippen molar-refractivity contribution in [3.8, 4) is 0 Å². The van der Waals surface area contributed by atoms with Gasteiger partial charge in [-0.1, -0.05) is 6.07 Å². The van der Waals surface area contributed by atoms with Gasteiger partial charge in [0.2, 0.25) is 5.78 Å². The van der Waals surface area contributed by atoms with Crippen molar-refractivity contribution in [2.45, 2.75) is 40.7 Å². The van der Waals surface area contributed by atoms with Gasteiger partial charge >= 0.3 is 0 Å². The number of nitrogens with zero attached hydrogens (tertiary/aromatic N) is 2. The van der Waals surface area contributed by atoms with Crippen molar-refractivity contribution < 1.29 is 19.1 Å². The van der Waals surface area contributed by atoms with E-state index in [1.807, 2.05) is 39.0 Å². The molecule has 0 bridgehead atoms. The summed E-state index contributed by atoms with van der Waals surface area (Å²) in [6.07, 6.45) is 0. The molecule has 1 N–H and O–H groups in total. The van der Waals surface area contributed by atoms with Crippen molar-refractivity contribution in [3.05, 3.63) is 79.9 Å². The predicted octanol–water partition coefficient (Wildman–Crippen LogP) is 5.06. The molecule has 1 aromatic carbocycles. The summed E-state index contributed by atoms with van der Waals surface area (Å²) in [5.74, 6) is -0.512. The number of thiazole rings is 1. The smallest absolute Gasteiger partial charge is 0.294 e. The number of aliphatic hydroxyl groups excluding tert-OH is 1. The molecular formula is C23H22N2O4S. The Labute approximate surface area is 178 Å². The molecule has 1 unspecified atom stereocenters. The number of benzene rings is 1. The van der Waals surface area contributed by atoms with Crippen LogP contribution in [0.25, 0.3) is 0 Å². The molecule has 30 heavy (non-hydrogen) atoms. The maximum absolute atomic E-state index is 13.5. The summed E-state index contributed by atoms with van der Waals surface area (Å²) in [5, 5.41) is 11.5. The lowest BCUT2D eigenvalue weighted by Gasteiger charge is -2.25. The molecule has 0 aliphatic carbocycles. The van der Waals surface area contributed by atoms with Gasteiger partial charge in [0.1, 0.15) is 17.6 Å². The molecule has 6 nitrogen and oxygen atoms in total. The lowest BCUT2D eigenvalue weighted by atomic mass is 9.99. The van der Waals surface area contributed by atoms with Gasteiger partial charge in [0, 0.05) is 5.69 Å². The van der Waals surface area contributed by atoms with Crippen molar-refractivity contribution in [2.24, 2.45) is 0 Å². The second-order valence-electron chi connectivity index (χ2n) is 7.53. The number of carbonyl (C=O) groups is 2. The van der Waals surface area contributed by atoms with E-state index >= 15 is 0 Å². The Bertz CT molecular complexity index is 1220. The highest BCUT2D eigenvalue weighted by atomic mass is 32.1. The van der Waals surface area contributed by atoms with Gasteiger partial charge in [-0.2, -0.15) is 0 Å². The van der Waals surface area contributed by atoms with Crippen LogP contribution in [-0.2, 0) is 4.79 Å². The molecule has 1 aliphatic rings. The van der Waals surface area contributed by atoms with Crippen LogP contribution in [0.15, 0.2) is 46.1 Å². The maximum atomic E-state index is 13.5. The standard InChI is InChI=1S/C23H22N2O4S/c1-11-6-8-16(10-12(11)2)25-19(17-9-7-13(3)29-17)18(21(27)23(25)28)20(26)22-14(4)24-15(5)30-22/h6-10,19,27H,1-5H3. The van der Waals surface area contributed by atoms with Crippen molar-refractivity contribution in [2.75, 3.05) is 4.90 Å². The van der Waals surface area contributed by atoms with Crippen LogP contribution in [0.5, 0.6) is 0 Å². The van der Waals surface area contributed by atoms with E-state index in [1.165, 1.54) is 16.2 Å². The van der Waals surface area contributed by atoms with Gasteiger partial charge in [0.25, 0.3) is 5.91 Å². The van der Waals surface area contributed by atoms with Crippen LogP contribution in [0.3, 0.4) is 0 Å². The zero-order chi connectivity index (χ0) is 21.7. The van der Waals surface area contributed by atoms with Crippen molar-refractivity contribution in [3.63, 3.8) is 0 Å². The number of aromatic nitrogens is 1. The number of hydrogen-bond acceptors (Lipinski definition) is 6. The highest BCUT2D eigenvalue weighted by molar-refractivity contribution is 7.14. The summed E-state index contributed by atoms with van der Waals surface area (Å²) in [5.41, 5.74) is 3.27. The molecular weight excluding hydrogens is 400 g/mol. The first kappa shape index (κ1) is 20.1. The Morgan fingerprint density at radius 1 is 1.10 bits per heavy atom. The molecule has 0 saturated heterocycles. The average molecular weight is 423 g/mol.